The van der Waals surface area contributed by atoms with E-state index in [1.54, 1.807) is 0 Å². The molecule has 2 N–H and O–H groups in total. The van der Waals surface area contributed by atoms with E-state index in [1.165, 1.54) is 11.5 Å². The molecule has 1 aromatic carbocycles. The number of rotatable bonds is 3. The van der Waals surface area contributed by atoms with Crippen molar-refractivity contribution in [3.05, 3.63) is 33.9 Å². The summed E-state index contributed by atoms with van der Waals surface area (Å²) in [6, 6.07) is 2.11. The van der Waals surface area contributed by atoms with Gasteiger partial charge < -0.3 is 10.5 Å². The first-order valence-electron chi connectivity index (χ1n) is 4.53. The molecule has 0 unspecified atom stereocenters. The van der Waals surface area contributed by atoms with Crippen molar-refractivity contribution in [2.45, 2.75) is 6.18 Å². The highest BCUT2D eigenvalue weighted by Crippen LogP contribution is 2.32. The van der Waals surface area contributed by atoms with Crippen molar-refractivity contribution in [1.29, 1.82) is 0 Å². The summed E-state index contributed by atoms with van der Waals surface area (Å²) < 4.78 is 53.6. The van der Waals surface area contributed by atoms with Gasteiger partial charge in [0.2, 0.25) is 0 Å². The molecule has 0 spiro atoms. The Labute approximate surface area is 111 Å². The summed E-state index contributed by atoms with van der Waals surface area (Å²) in [7, 11) is 0. The number of benzene rings is 1. The van der Waals surface area contributed by atoms with E-state index in [-0.39, 0.29) is 16.3 Å². The number of thiol groups is 1. The van der Waals surface area contributed by atoms with Gasteiger partial charge >= 0.3 is 6.18 Å². The van der Waals surface area contributed by atoms with Crippen LogP contribution in [0.1, 0.15) is 5.56 Å². The summed E-state index contributed by atoms with van der Waals surface area (Å²) in [4.78, 5) is 0. The Morgan fingerprint density at radius 1 is 1.44 bits per heavy atom. The maximum atomic E-state index is 13.5. The lowest BCUT2D eigenvalue weighted by atomic mass is 10.1. The van der Waals surface area contributed by atoms with Gasteiger partial charge in [0, 0.05) is 11.3 Å². The lowest BCUT2D eigenvalue weighted by molar-refractivity contribution is -0.153. The average molecular weight is 302 g/mol. The van der Waals surface area contributed by atoms with E-state index < -0.39 is 24.3 Å². The van der Waals surface area contributed by atoms with Crippen LogP contribution in [0, 0.1) is 5.82 Å². The molecule has 100 valence electrons. The molecule has 0 heterocycles. The van der Waals surface area contributed by atoms with Crippen LogP contribution in [0.2, 0.25) is 5.02 Å². The van der Waals surface area contributed by atoms with E-state index >= 15 is 0 Å². The fraction of sp³-hybridized carbons (Fsp3) is 0.200. The largest absolute Gasteiger partial charge is 0.479 e. The Kier molecular flexibility index (Phi) is 4.75. The SMILES string of the molecule is N/C(=C\S)c1cc(F)c(OCC(F)(F)F)c(Cl)c1. The maximum absolute atomic E-state index is 13.5. The molecule has 8 heteroatoms. The van der Waals surface area contributed by atoms with Gasteiger partial charge in [0.1, 0.15) is 0 Å². The molecule has 0 aliphatic rings. The number of hydrogen-bond acceptors (Lipinski definition) is 3. The Morgan fingerprint density at radius 2 is 2.06 bits per heavy atom. The van der Waals surface area contributed by atoms with Crippen molar-refractivity contribution in [2.75, 3.05) is 6.61 Å². The smallest absolute Gasteiger partial charge is 0.422 e. The lowest BCUT2D eigenvalue weighted by Gasteiger charge is -2.12. The highest BCUT2D eigenvalue weighted by atomic mass is 35.5. The molecule has 0 amide bonds. The van der Waals surface area contributed by atoms with Crippen LogP contribution in [-0.4, -0.2) is 12.8 Å². The second-order valence-electron chi connectivity index (χ2n) is 3.26. The normalized spacial score (nSPS) is 12.7. The fourth-order valence-corrected chi connectivity index (χ4v) is 1.50. The van der Waals surface area contributed by atoms with Crippen LogP contribution in [-0.2, 0) is 0 Å². The monoisotopic (exact) mass is 301 g/mol. The fourth-order valence-electron chi connectivity index (χ4n) is 1.09. The molecule has 0 radical (unpaired) electrons. The van der Waals surface area contributed by atoms with Gasteiger partial charge in [-0.15, -0.1) is 12.6 Å². The Balaban J connectivity index is 3.02. The predicted molar refractivity (Wildman–Crippen MR) is 64.1 cm³/mol. The van der Waals surface area contributed by atoms with Gasteiger partial charge in [-0.2, -0.15) is 13.2 Å². The van der Waals surface area contributed by atoms with Crippen LogP contribution in [0.4, 0.5) is 17.6 Å². The number of alkyl halides is 3. The minimum atomic E-state index is -4.57. The summed E-state index contributed by atoms with van der Waals surface area (Å²) in [5.41, 5.74) is 5.79. The minimum absolute atomic E-state index is 0.126. The van der Waals surface area contributed by atoms with E-state index in [0.29, 0.717) is 0 Å². The first-order chi connectivity index (χ1) is 8.24. The summed E-state index contributed by atoms with van der Waals surface area (Å²) in [6.45, 7) is -1.62. The van der Waals surface area contributed by atoms with Gasteiger partial charge in [0.25, 0.3) is 0 Å². The first kappa shape index (κ1) is 15.0. The van der Waals surface area contributed by atoms with Gasteiger partial charge in [-0.3, -0.25) is 0 Å². The summed E-state index contributed by atoms with van der Waals surface area (Å²) in [5, 5.41) is 0.911. The lowest BCUT2D eigenvalue weighted by Crippen LogP contribution is -2.19. The number of hydrogen-bond donors (Lipinski definition) is 2. The van der Waals surface area contributed by atoms with E-state index in [1.807, 2.05) is 0 Å². The number of halogens is 5. The highest BCUT2D eigenvalue weighted by Gasteiger charge is 2.29. The summed E-state index contributed by atoms with van der Waals surface area (Å²) in [5.74, 6) is -1.69. The van der Waals surface area contributed by atoms with Crippen molar-refractivity contribution < 1.29 is 22.3 Å². The van der Waals surface area contributed by atoms with Crippen LogP contribution in [0.3, 0.4) is 0 Å². The van der Waals surface area contributed by atoms with Crippen molar-refractivity contribution >= 4 is 29.9 Å². The van der Waals surface area contributed by atoms with E-state index in [2.05, 4.69) is 17.4 Å². The van der Waals surface area contributed by atoms with Gasteiger partial charge in [0.15, 0.2) is 18.2 Å². The molecular formula is C10H8ClF4NOS. The summed E-state index contributed by atoms with van der Waals surface area (Å²) in [6.07, 6.45) is -4.57. The highest BCUT2D eigenvalue weighted by molar-refractivity contribution is 7.83. The predicted octanol–water partition coefficient (Wildman–Crippen LogP) is 3.61. The molecule has 18 heavy (non-hydrogen) atoms. The first-order valence-corrected chi connectivity index (χ1v) is 5.43. The Hall–Kier alpha value is -1.08. The quantitative estimate of drug-likeness (QED) is 0.661. The maximum Gasteiger partial charge on any atom is 0.422 e. The Morgan fingerprint density at radius 3 is 2.50 bits per heavy atom. The van der Waals surface area contributed by atoms with Crippen molar-refractivity contribution in [3.63, 3.8) is 0 Å². The van der Waals surface area contributed by atoms with E-state index in [0.717, 1.165) is 6.07 Å². The van der Waals surface area contributed by atoms with Gasteiger partial charge in [-0.25, -0.2) is 4.39 Å². The van der Waals surface area contributed by atoms with E-state index in [9.17, 15) is 17.6 Å². The molecule has 0 bridgehead atoms. The minimum Gasteiger partial charge on any atom is -0.479 e. The van der Waals surface area contributed by atoms with E-state index in [4.69, 9.17) is 17.3 Å². The second-order valence-corrected chi connectivity index (χ2v) is 3.92. The zero-order valence-electron chi connectivity index (χ0n) is 8.76. The van der Waals surface area contributed by atoms with Crippen LogP contribution in [0.15, 0.2) is 17.5 Å². The third-order valence-electron chi connectivity index (χ3n) is 1.85. The van der Waals surface area contributed by atoms with Crippen LogP contribution in [0.5, 0.6) is 5.75 Å². The summed E-state index contributed by atoms with van der Waals surface area (Å²) >= 11 is 9.39. The average Bonchev–Trinajstić information content (AvgIpc) is 2.25. The van der Waals surface area contributed by atoms with Gasteiger partial charge in [0.05, 0.1) is 5.02 Å². The Bertz CT molecular complexity index is 452. The van der Waals surface area contributed by atoms with Crippen molar-refractivity contribution in [1.82, 2.24) is 0 Å². The van der Waals surface area contributed by atoms with Crippen LogP contribution >= 0.6 is 24.2 Å². The zero-order chi connectivity index (χ0) is 13.9. The van der Waals surface area contributed by atoms with Gasteiger partial charge in [-0.05, 0) is 17.5 Å². The molecule has 0 aliphatic carbocycles. The topological polar surface area (TPSA) is 35.2 Å². The third-order valence-corrected chi connectivity index (χ3v) is 2.41. The molecule has 0 aliphatic heterocycles. The molecule has 0 atom stereocenters. The molecule has 0 aromatic heterocycles. The molecule has 2 nitrogen and oxygen atoms in total. The standard InChI is InChI=1S/C10H8ClF4NOS/c11-6-1-5(8(16)3-18)2-7(12)9(6)17-4-10(13,14)15/h1-3,18H,4,16H2/b8-3-. The second kappa shape index (κ2) is 5.71. The molecular weight excluding hydrogens is 294 g/mol. The number of nitrogens with two attached hydrogens (primary N) is 1. The zero-order valence-corrected chi connectivity index (χ0v) is 10.4. The molecule has 1 rings (SSSR count). The molecule has 1 aromatic rings. The van der Waals surface area contributed by atoms with Gasteiger partial charge in [-0.1, -0.05) is 11.6 Å². The van der Waals surface area contributed by atoms with Crippen LogP contribution in [0.25, 0.3) is 5.70 Å². The van der Waals surface area contributed by atoms with Crippen LogP contribution < -0.4 is 10.5 Å². The van der Waals surface area contributed by atoms with Crippen molar-refractivity contribution in [2.24, 2.45) is 5.73 Å². The molecule has 0 fully saturated rings. The third kappa shape index (κ3) is 3.99. The number of ether oxygens (including phenoxy) is 1. The molecule has 0 saturated carbocycles. The molecule has 0 saturated heterocycles. The van der Waals surface area contributed by atoms with Crippen molar-refractivity contribution in [3.8, 4) is 5.75 Å².